The lowest BCUT2D eigenvalue weighted by atomic mass is 9.96. The summed E-state index contributed by atoms with van der Waals surface area (Å²) in [5.74, 6) is -11.1. The number of ether oxygens (including phenoxy) is 24. The first-order valence-electron chi connectivity index (χ1n) is 44.3. The van der Waals surface area contributed by atoms with E-state index in [1.165, 1.54) is 20.8 Å². The number of amides is 8. The molecule has 3 saturated heterocycles. The number of hydrogen-bond donors (Lipinski definition) is 9. The molecule has 0 bridgehead atoms. The van der Waals surface area contributed by atoms with Gasteiger partial charge in [-0.25, -0.2) is 0 Å². The van der Waals surface area contributed by atoms with Crippen molar-refractivity contribution in [2.24, 2.45) is 0 Å². The van der Waals surface area contributed by atoms with E-state index in [0.29, 0.717) is 38.5 Å². The second kappa shape index (κ2) is 70.1. The number of aliphatic hydroxyl groups excluding tert-OH is 1. The number of carbonyl (C=O) groups excluding carboxylic acids is 17. The van der Waals surface area contributed by atoms with Crippen molar-refractivity contribution in [2.75, 3.05) is 185 Å². The first-order valence-corrected chi connectivity index (χ1v) is 44.3. The predicted octanol–water partition coefficient (Wildman–Crippen LogP) is -3.63. The largest absolute Gasteiger partial charge is 0.463 e. The molecule has 3 fully saturated rings. The van der Waals surface area contributed by atoms with Crippen molar-refractivity contribution in [2.45, 2.75) is 251 Å². The number of rotatable bonds is 71. The summed E-state index contributed by atoms with van der Waals surface area (Å²) in [6, 6.07) is -5.85. The number of esters is 9. The molecule has 0 unspecified atom stereocenters. The molecule has 3 rings (SSSR count). The lowest BCUT2D eigenvalue weighted by Gasteiger charge is -2.44. The molecule has 8 amide bonds. The third kappa shape index (κ3) is 53.6. The fraction of sp³-hybridized carbons (Fsp3) is 0.798. The molecule has 0 spiro atoms. The van der Waals surface area contributed by atoms with Gasteiger partial charge in [-0.1, -0.05) is 12.8 Å². The zero-order valence-electron chi connectivity index (χ0n) is 78.4. The molecule has 0 radical (unpaired) electrons. The van der Waals surface area contributed by atoms with Crippen molar-refractivity contribution in [1.82, 2.24) is 42.5 Å². The van der Waals surface area contributed by atoms with Gasteiger partial charge in [0, 0.05) is 109 Å². The fourth-order valence-electron chi connectivity index (χ4n) is 13.3. The first kappa shape index (κ1) is 119. The molecular weight excluding hydrogens is 1790 g/mol. The Morgan fingerprint density at radius 1 is 0.276 bits per heavy atom. The van der Waals surface area contributed by atoms with Crippen LogP contribution in [0.15, 0.2) is 0 Å². The number of hydrogen-bond acceptors (Lipinski definition) is 42. The van der Waals surface area contributed by atoms with Crippen LogP contribution in [0, 0.1) is 0 Å². The Morgan fingerprint density at radius 3 is 0.828 bits per heavy atom. The van der Waals surface area contributed by atoms with Gasteiger partial charge in [0.2, 0.25) is 47.3 Å². The predicted molar refractivity (Wildman–Crippen MR) is 453 cm³/mol. The van der Waals surface area contributed by atoms with Crippen LogP contribution in [-0.4, -0.2) is 395 Å². The molecule has 3 aliphatic rings. The van der Waals surface area contributed by atoms with Gasteiger partial charge in [-0.15, -0.1) is 0 Å². The average Bonchev–Trinajstić information content (AvgIpc) is 0.795. The van der Waals surface area contributed by atoms with Gasteiger partial charge < -0.3 is 161 Å². The van der Waals surface area contributed by atoms with Gasteiger partial charge in [-0.3, -0.25) is 81.5 Å². The minimum Gasteiger partial charge on any atom is -0.463 e. The maximum absolute atomic E-state index is 14.3. The standard InChI is InChI=1S/C84H138N8O42/c1-51(94)88-71-77(129-60(10)103)74(126-57(7)100)65(45-123-54(4)97)132-82(71)120-42-39-114-30-27-111-33-36-117-48-68(106)85-23-18-15-21-63(80(109)87-25-17-13-14-20-26-93)92-81(110)64(91-70(108)50-119-38-35-113-29-32-116-41-44-122-84-73(90-53(3)96)79(131-62(12)105)76(128-59(9)102)67(134-84)47-125-56(6)99)22-16-19-24-86-69(107)49-118-37-34-112-28-31-115-40-43-121-83-72(89-52(2)95)78(130-61(11)104)75(127-58(8)101)66(133-83)46-124-55(5)98/h63-67,71-79,82-84,93H,13-50H2,1-12H3,(H,85,106)(H,86,107)(H,87,109)(H,88,94)(H,89,95)(H,90,96)(H,91,108)(H,92,110)/t63-,64-,65+,66+,67+,71+,72+,73+,74-,75-,76-,77+,78+,79+,82+,83+,84+/m0/s1. The molecule has 0 aromatic rings. The van der Waals surface area contributed by atoms with E-state index < -0.39 is 231 Å². The molecule has 50 nitrogen and oxygen atoms in total. The van der Waals surface area contributed by atoms with Gasteiger partial charge in [-0.05, 0) is 51.4 Å². The molecular formula is C84H138N8O42. The highest BCUT2D eigenvalue weighted by Gasteiger charge is 2.55. The Hall–Kier alpha value is -9.65. The highest BCUT2D eigenvalue weighted by atomic mass is 16.7. The van der Waals surface area contributed by atoms with E-state index in [0.717, 1.165) is 68.7 Å². The second-order valence-corrected chi connectivity index (χ2v) is 30.4. The van der Waals surface area contributed by atoms with Crippen molar-refractivity contribution in [3.8, 4) is 0 Å². The van der Waals surface area contributed by atoms with E-state index in [-0.39, 0.29) is 178 Å². The summed E-state index contributed by atoms with van der Waals surface area (Å²) in [6.45, 7) is 12.2. The molecule has 3 aliphatic heterocycles. The summed E-state index contributed by atoms with van der Waals surface area (Å²) in [5.41, 5.74) is 0. The van der Waals surface area contributed by atoms with Crippen LogP contribution in [0.4, 0.5) is 0 Å². The van der Waals surface area contributed by atoms with Crippen molar-refractivity contribution in [1.29, 1.82) is 0 Å². The Kier molecular flexibility index (Phi) is 62.0. The van der Waals surface area contributed by atoms with Crippen LogP contribution < -0.4 is 42.5 Å². The van der Waals surface area contributed by atoms with Crippen LogP contribution >= 0.6 is 0 Å². The number of unbranched alkanes of at least 4 members (excludes halogenated alkanes) is 5. The van der Waals surface area contributed by atoms with E-state index in [1.807, 2.05) is 0 Å². The summed E-state index contributed by atoms with van der Waals surface area (Å²) in [4.78, 5) is 212. The third-order valence-corrected chi connectivity index (χ3v) is 18.8. The zero-order valence-corrected chi connectivity index (χ0v) is 78.4. The Morgan fingerprint density at radius 2 is 0.537 bits per heavy atom. The molecule has 0 aromatic heterocycles. The monoisotopic (exact) mass is 1930 g/mol. The minimum absolute atomic E-state index is 0.0000718. The van der Waals surface area contributed by atoms with Gasteiger partial charge in [0.15, 0.2) is 55.5 Å². The smallest absolute Gasteiger partial charge is 0.303 e. The number of aliphatic hydroxyl groups is 1. The second-order valence-electron chi connectivity index (χ2n) is 30.4. The van der Waals surface area contributed by atoms with Gasteiger partial charge in [-0.2, -0.15) is 0 Å². The number of nitrogens with one attached hydrogen (secondary N) is 8. The SMILES string of the molecule is CC(=O)N[C@H]1[C@H](OCCOCCOCCOCC(=O)NCCCC[C@H](NC(=O)COCCOCCOCCO[C@@H]2O[C@H](COC(C)=O)[C@H](OC(C)=O)[C@H](OC(C)=O)[C@H]2NC(C)=O)C(=O)N[C@@H](CCCCNC(=O)COCCOCCOCCO[C@@H]2O[C@H](COC(C)=O)[C@H](OC(C)=O)[C@H](OC(C)=O)[C@H]2NC(C)=O)C(=O)NCCCCCCO)O[C@H](COC(C)=O)[C@H](OC(C)=O)[C@@H]1OC(C)=O. The van der Waals surface area contributed by atoms with Crippen molar-refractivity contribution in [3.63, 3.8) is 0 Å². The van der Waals surface area contributed by atoms with Crippen LogP contribution in [0.25, 0.3) is 0 Å². The average molecular weight is 1930 g/mol. The molecule has 0 saturated carbocycles. The van der Waals surface area contributed by atoms with E-state index in [2.05, 4.69) is 42.5 Å². The molecule has 9 N–H and O–H groups in total. The molecule has 134 heavy (non-hydrogen) atoms. The van der Waals surface area contributed by atoms with Gasteiger partial charge in [0.05, 0.1) is 119 Å². The third-order valence-electron chi connectivity index (χ3n) is 18.8. The summed E-state index contributed by atoms with van der Waals surface area (Å²) >= 11 is 0. The van der Waals surface area contributed by atoms with Crippen LogP contribution in [-0.2, 0) is 195 Å². The van der Waals surface area contributed by atoms with E-state index in [1.54, 1.807) is 0 Å². The minimum atomic E-state index is -1.33. The molecule has 50 heteroatoms. The Balaban J connectivity index is 1.56. The van der Waals surface area contributed by atoms with E-state index in [9.17, 15) is 86.6 Å². The normalized spacial score (nSPS) is 21.8. The molecule has 3 heterocycles. The zero-order chi connectivity index (χ0) is 99.1. The van der Waals surface area contributed by atoms with Crippen LogP contribution in [0.1, 0.15) is 147 Å². The summed E-state index contributed by atoms with van der Waals surface area (Å²) < 4.78 is 134. The van der Waals surface area contributed by atoms with E-state index in [4.69, 9.17) is 114 Å². The molecule has 17 atom stereocenters. The summed E-state index contributed by atoms with van der Waals surface area (Å²) in [7, 11) is 0. The Bertz CT molecular complexity index is 3570. The van der Waals surface area contributed by atoms with Crippen LogP contribution in [0.3, 0.4) is 0 Å². The lowest BCUT2D eigenvalue weighted by molar-refractivity contribution is -0.279. The van der Waals surface area contributed by atoms with Crippen LogP contribution in [0.5, 0.6) is 0 Å². The lowest BCUT2D eigenvalue weighted by Crippen LogP contribution is -2.66. The van der Waals surface area contributed by atoms with Gasteiger partial charge >= 0.3 is 53.7 Å². The molecule has 0 aliphatic carbocycles. The molecule has 766 valence electrons. The summed E-state index contributed by atoms with van der Waals surface area (Å²) in [5, 5.41) is 31.0. The van der Waals surface area contributed by atoms with Crippen LogP contribution in [0.2, 0.25) is 0 Å². The fourth-order valence-corrected chi connectivity index (χ4v) is 13.3. The molecule has 0 aromatic carbocycles. The maximum atomic E-state index is 14.3. The highest BCUT2D eigenvalue weighted by molar-refractivity contribution is 5.92. The highest BCUT2D eigenvalue weighted by Crippen LogP contribution is 2.32. The number of carbonyl (C=O) groups is 17. The van der Waals surface area contributed by atoms with Gasteiger partial charge in [0.25, 0.3) is 0 Å². The quantitative estimate of drug-likeness (QED) is 0.0161. The van der Waals surface area contributed by atoms with Crippen molar-refractivity contribution in [3.05, 3.63) is 0 Å². The summed E-state index contributed by atoms with van der Waals surface area (Å²) in [6.07, 6.45) is -11.2. The Labute approximate surface area is 777 Å². The first-order chi connectivity index (χ1) is 64.0. The topological polar surface area (TPSA) is 628 Å². The maximum Gasteiger partial charge on any atom is 0.303 e. The van der Waals surface area contributed by atoms with E-state index >= 15 is 0 Å². The van der Waals surface area contributed by atoms with Crippen molar-refractivity contribution >= 4 is 101 Å². The van der Waals surface area contributed by atoms with Gasteiger partial charge in [0.1, 0.15) is 88.2 Å². The van der Waals surface area contributed by atoms with Crippen molar-refractivity contribution < 1.29 is 200 Å².